The van der Waals surface area contributed by atoms with E-state index in [-0.39, 0.29) is 35.5 Å². The first kappa shape index (κ1) is 38.6. The molecule has 10 heteroatoms. The van der Waals surface area contributed by atoms with Gasteiger partial charge in [0.25, 0.3) is 0 Å². The maximum absolute atomic E-state index is 13.3. The number of carbonyl (C=O) groups excluding carboxylic acids is 2. The van der Waals surface area contributed by atoms with Crippen molar-refractivity contribution < 1.29 is 38.4 Å². The van der Waals surface area contributed by atoms with Crippen molar-refractivity contribution in [3.05, 3.63) is 23.8 Å². The zero-order chi connectivity index (χ0) is 33.8. The van der Waals surface area contributed by atoms with E-state index in [0.29, 0.717) is 57.3 Å². The van der Waals surface area contributed by atoms with Gasteiger partial charge < -0.3 is 39.4 Å². The minimum atomic E-state index is -0.963. The fourth-order valence-corrected chi connectivity index (χ4v) is 5.43. The first-order valence-corrected chi connectivity index (χ1v) is 16.4. The highest BCUT2D eigenvalue weighted by atomic mass is 16.6. The molecule has 0 saturated carbocycles. The number of methoxy groups -OCH3 is 2. The summed E-state index contributed by atoms with van der Waals surface area (Å²) in [6, 6.07) is 5.31. The van der Waals surface area contributed by atoms with E-state index >= 15 is 0 Å². The molecule has 0 aliphatic carbocycles. The van der Waals surface area contributed by atoms with Gasteiger partial charge in [0.05, 0.1) is 39.1 Å². The molecule has 1 aliphatic rings. The molecule has 3 N–H and O–H groups in total. The summed E-state index contributed by atoms with van der Waals surface area (Å²) in [5.74, 6) is 1.14. The van der Waals surface area contributed by atoms with E-state index in [9.17, 15) is 14.7 Å². The number of amides is 2. The molecule has 1 aliphatic heterocycles. The van der Waals surface area contributed by atoms with E-state index in [1.165, 1.54) is 0 Å². The summed E-state index contributed by atoms with van der Waals surface area (Å²) in [6.45, 7) is 18.6. The fraction of sp³-hybridized carbons (Fsp3) is 0.771. The summed E-state index contributed by atoms with van der Waals surface area (Å²) in [6.07, 6.45) is 0.616. The Hall–Kier alpha value is -2.56. The Labute approximate surface area is 271 Å². The maximum Gasteiger partial charge on any atom is 0.407 e. The third-order valence-corrected chi connectivity index (χ3v) is 8.37. The second-order valence-corrected chi connectivity index (χ2v) is 14.6. The number of ether oxygens (including phenoxy) is 5. The Morgan fingerprint density at radius 3 is 2.24 bits per heavy atom. The number of aliphatic hydroxyl groups excluding tert-OH is 1. The minimum Gasteiger partial charge on any atom is -0.493 e. The number of rotatable bonds is 19. The van der Waals surface area contributed by atoms with Gasteiger partial charge in [-0.1, -0.05) is 40.7 Å². The van der Waals surface area contributed by atoms with E-state index < -0.39 is 29.8 Å². The summed E-state index contributed by atoms with van der Waals surface area (Å²) >= 11 is 0. The normalized spacial score (nSPS) is 17.2. The van der Waals surface area contributed by atoms with Crippen LogP contribution in [0, 0.1) is 29.1 Å². The van der Waals surface area contributed by atoms with Gasteiger partial charge in [0.1, 0.15) is 5.60 Å². The molecule has 1 aromatic rings. The van der Waals surface area contributed by atoms with Crippen molar-refractivity contribution in [2.24, 2.45) is 29.1 Å². The highest BCUT2D eigenvalue weighted by Crippen LogP contribution is 2.32. The van der Waals surface area contributed by atoms with Crippen molar-refractivity contribution >= 4 is 12.0 Å². The van der Waals surface area contributed by atoms with Gasteiger partial charge in [-0.2, -0.15) is 0 Å². The smallest absolute Gasteiger partial charge is 0.407 e. The van der Waals surface area contributed by atoms with Crippen molar-refractivity contribution in [2.45, 2.75) is 98.8 Å². The average molecular weight is 637 g/mol. The summed E-state index contributed by atoms with van der Waals surface area (Å²) < 4.78 is 27.6. The minimum absolute atomic E-state index is 0.00484. The first-order chi connectivity index (χ1) is 21.1. The van der Waals surface area contributed by atoms with Crippen LogP contribution in [0.2, 0.25) is 0 Å². The summed E-state index contributed by atoms with van der Waals surface area (Å²) in [7, 11) is 3.29. The van der Waals surface area contributed by atoms with E-state index in [4.69, 9.17) is 23.7 Å². The number of benzene rings is 1. The van der Waals surface area contributed by atoms with Gasteiger partial charge >= 0.3 is 6.09 Å². The Kier molecular flexibility index (Phi) is 15.4. The molecule has 4 atom stereocenters. The van der Waals surface area contributed by atoms with Gasteiger partial charge in [0, 0.05) is 38.0 Å². The molecule has 258 valence electrons. The molecule has 1 saturated heterocycles. The van der Waals surface area contributed by atoms with Crippen LogP contribution >= 0.6 is 0 Å². The van der Waals surface area contributed by atoms with Crippen molar-refractivity contribution in [2.75, 3.05) is 47.2 Å². The van der Waals surface area contributed by atoms with Crippen molar-refractivity contribution in [3.8, 4) is 11.5 Å². The van der Waals surface area contributed by atoms with Crippen LogP contribution in [-0.2, 0) is 25.4 Å². The topological polar surface area (TPSA) is 125 Å². The lowest BCUT2D eigenvalue weighted by Gasteiger charge is -2.38. The molecule has 45 heavy (non-hydrogen) atoms. The molecular weight excluding hydrogens is 576 g/mol. The lowest BCUT2D eigenvalue weighted by atomic mass is 9.80. The molecule has 0 unspecified atom stereocenters. The zero-order valence-electron chi connectivity index (χ0n) is 29.4. The van der Waals surface area contributed by atoms with Crippen molar-refractivity contribution in [1.29, 1.82) is 0 Å². The third kappa shape index (κ3) is 13.4. The van der Waals surface area contributed by atoms with Gasteiger partial charge in [-0.05, 0) is 75.5 Å². The molecule has 1 heterocycles. The number of carbonyl (C=O) groups is 2. The zero-order valence-corrected chi connectivity index (χ0v) is 29.4. The number of hydrogen-bond donors (Lipinski definition) is 3. The lowest BCUT2D eigenvalue weighted by Crippen LogP contribution is -2.51. The van der Waals surface area contributed by atoms with Crippen LogP contribution in [0.25, 0.3) is 0 Å². The van der Waals surface area contributed by atoms with Gasteiger partial charge in [-0.15, -0.1) is 0 Å². The van der Waals surface area contributed by atoms with Gasteiger partial charge in [-0.25, -0.2) is 4.79 Å². The van der Waals surface area contributed by atoms with Gasteiger partial charge in [-0.3, -0.25) is 4.79 Å². The van der Waals surface area contributed by atoms with Crippen LogP contribution in [0.4, 0.5) is 4.79 Å². The maximum atomic E-state index is 13.3. The Morgan fingerprint density at radius 1 is 1.02 bits per heavy atom. The van der Waals surface area contributed by atoms with Crippen molar-refractivity contribution in [3.63, 3.8) is 0 Å². The predicted octanol–water partition coefficient (Wildman–Crippen LogP) is 5.38. The van der Waals surface area contributed by atoms with Crippen LogP contribution in [-0.4, -0.2) is 82.0 Å². The van der Waals surface area contributed by atoms with Gasteiger partial charge in [0.15, 0.2) is 11.5 Å². The average Bonchev–Trinajstić information content (AvgIpc) is 2.93. The molecule has 0 bridgehead atoms. The molecule has 1 aromatic carbocycles. The largest absolute Gasteiger partial charge is 0.493 e. The van der Waals surface area contributed by atoms with Crippen molar-refractivity contribution in [1.82, 2.24) is 10.6 Å². The van der Waals surface area contributed by atoms with Crippen LogP contribution in [0.1, 0.15) is 80.2 Å². The summed E-state index contributed by atoms with van der Waals surface area (Å²) in [5, 5.41) is 17.7. The van der Waals surface area contributed by atoms with Crippen LogP contribution in [0.5, 0.6) is 11.5 Å². The van der Waals surface area contributed by atoms with E-state index in [2.05, 4.69) is 31.4 Å². The van der Waals surface area contributed by atoms with Crippen LogP contribution in [0.15, 0.2) is 18.2 Å². The van der Waals surface area contributed by atoms with E-state index in [0.717, 1.165) is 12.0 Å². The molecule has 2 amide bonds. The third-order valence-electron chi connectivity index (χ3n) is 8.37. The number of aliphatic hydroxyl groups is 1. The summed E-state index contributed by atoms with van der Waals surface area (Å²) in [5.41, 5.74) is 0.313. The molecule has 0 aromatic heterocycles. The van der Waals surface area contributed by atoms with E-state index in [1.54, 1.807) is 35.0 Å². The molecule has 0 radical (unpaired) electrons. The molecular formula is C35H60N2O8. The Morgan fingerprint density at radius 2 is 1.71 bits per heavy atom. The second kappa shape index (κ2) is 18.0. The number of alkyl carbamates (subject to hydrolysis) is 1. The standard InChI is InChI=1S/C35H60N2O8/c1-23(2)26(16-25-12-13-30(42-10)31(17-25)44-15-11-14-41-9)18-28(37-33(40)45-34(5,6)7)29(38)19-27(24(3)4)32(39)36-20-35(8)21-43-22-35/h12-13,17,23-24,26-29,38H,11,14-16,18-22H2,1-10H3,(H,36,39)(H,37,40)/t26-,27-,28-,29-/m0/s1. The highest BCUT2D eigenvalue weighted by Gasteiger charge is 2.36. The SMILES string of the molecule is COCCCOc1cc(C[C@@H](C[C@H](NC(=O)OC(C)(C)C)[C@@H](O)C[C@H](C(=O)NCC2(C)COC2)C(C)C)C(C)C)ccc1OC. The molecule has 2 rings (SSSR count). The monoisotopic (exact) mass is 636 g/mol. The molecule has 1 fully saturated rings. The fourth-order valence-electron chi connectivity index (χ4n) is 5.43. The van der Waals surface area contributed by atoms with Crippen LogP contribution < -0.4 is 20.1 Å². The Bertz CT molecular complexity index is 1050. The number of hydrogen-bond acceptors (Lipinski definition) is 8. The lowest BCUT2D eigenvalue weighted by molar-refractivity contribution is -0.132. The number of nitrogens with one attached hydrogen (secondary N) is 2. The first-order valence-electron chi connectivity index (χ1n) is 16.4. The quantitative estimate of drug-likeness (QED) is 0.173. The predicted molar refractivity (Wildman–Crippen MR) is 176 cm³/mol. The molecule has 0 spiro atoms. The second-order valence-electron chi connectivity index (χ2n) is 14.6. The van der Waals surface area contributed by atoms with E-state index in [1.807, 2.05) is 32.0 Å². The highest BCUT2D eigenvalue weighted by molar-refractivity contribution is 5.79. The van der Waals surface area contributed by atoms with Crippen LogP contribution in [0.3, 0.4) is 0 Å². The molecule has 10 nitrogen and oxygen atoms in total. The Balaban J connectivity index is 2.25. The summed E-state index contributed by atoms with van der Waals surface area (Å²) in [4.78, 5) is 26.3. The van der Waals surface area contributed by atoms with Gasteiger partial charge in [0.2, 0.25) is 5.91 Å².